The zero-order chi connectivity index (χ0) is 14.7. The number of phenolic OH excluding ortho intramolecular Hbond substituents is 1. The molecule has 0 bridgehead atoms. The number of aromatic carboxylic acids is 1. The summed E-state index contributed by atoms with van der Waals surface area (Å²) >= 11 is 3.16. The van der Waals surface area contributed by atoms with Crippen molar-refractivity contribution in [2.75, 3.05) is 5.32 Å². The van der Waals surface area contributed by atoms with Gasteiger partial charge in [0.25, 0.3) is 5.91 Å². The number of nitrogens with one attached hydrogen (secondary N) is 1. The van der Waals surface area contributed by atoms with Gasteiger partial charge in [-0.1, -0.05) is 15.9 Å². The van der Waals surface area contributed by atoms with Gasteiger partial charge in [-0.15, -0.1) is 0 Å². The highest BCUT2D eigenvalue weighted by Crippen LogP contribution is 2.23. The standard InChI is InChI=1S/C13H9BrN2O4/c14-7-3-4-8(10(17)6-7)12(18)16-11-9(13(19)20)2-1-5-15-11/h1-6,17H,(H,19,20)(H,15,16,18). The largest absolute Gasteiger partial charge is 0.507 e. The average Bonchev–Trinajstić information content (AvgIpc) is 2.38. The zero-order valence-corrected chi connectivity index (χ0v) is 11.6. The molecule has 0 aliphatic carbocycles. The van der Waals surface area contributed by atoms with E-state index in [-0.39, 0.29) is 22.7 Å². The number of aromatic nitrogens is 1. The summed E-state index contributed by atoms with van der Waals surface area (Å²) in [6.45, 7) is 0. The van der Waals surface area contributed by atoms with Crippen LogP contribution in [0.25, 0.3) is 0 Å². The number of hydrogen-bond acceptors (Lipinski definition) is 4. The van der Waals surface area contributed by atoms with E-state index in [0.29, 0.717) is 4.47 Å². The van der Waals surface area contributed by atoms with Gasteiger partial charge in [0, 0.05) is 10.7 Å². The van der Waals surface area contributed by atoms with Gasteiger partial charge in [0.1, 0.15) is 17.1 Å². The van der Waals surface area contributed by atoms with Gasteiger partial charge in [-0.25, -0.2) is 9.78 Å². The van der Waals surface area contributed by atoms with E-state index in [9.17, 15) is 14.7 Å². The molecule has 7 heteroatoms. The summed E-state index contributed by atoms with van der Waals surface area (Å²) in [4.78, 5) is 26.8. The summed E-state index contributed by atoms with van der Waals surface area (Å²) in [6, 6.07) is 7.15. The first kappa shape index (κ1) is 14.0. The van der Waals surface area contributed by atoms with E-state index in [1.807, 2.05) is 0 Å². The Morgan fingerprint density at radius 1 is 1.20 bits per heavy atom. The van der Waals surface area contributed by atoms with Crippen molar-refractivity contribution in [1.82, 2.24) is 4.98 Å². The minimum absolute atomic E-state index is 0.0233. The lowest BCUT2D eigenvalue weighted by molar-refractivity contribution is 0.0697. The Kier molecular flexibility index (Phi) is 3.99. The van der Waals surface area contributed by atoms with Crippen molar-refractivity contribution in [1.29, 1.82) is 0 Å². The topological polar surface area (TPSA) is 99.5 Å². The highest BCUT2D eigenvalue weighted by atomic mass is 79.9. The van der Waals surface area contributed by atoms with Gasteiger partial charge in [0.05, 0.1) is 5.56 Å². The number of carbonyl (C=O) groups excluding carboxylic acids is 1. The second-order valence-corrected chi connectivity index (χ2v) is 4.74. The number of aromatic hydroxyl groups is 1. The molecular formula is C13H9BrN2O4. The maximum atomic E-state index is 12.0. The quantitative estimate of drug-likeness (QED) is 0.799. The average molecular weight is 337 g/mol. The third-order valence-corrected chi connectivity index (χ3v) is 2.97. The molecule has 0 unspecified atom stereocenters. The second-order valence-electron chi connectivity index (χ2n) is 3.82. The van der Waals surface area contributed by atoms with E-state index in [4.69, 9.17) is 5.11 Å². The molecule has 1 aromatic heterocycles. The van der Waals surface area contributed by atoms with Crippen LogP contribution in [-0.2, 0) is 0 Å². The predicted octanol–water partition coefficient (Wildman–Crippen LogP) is 2.50. The number of amides is 1. The van der Waals surface area contributed by atoms with E-state index < -0.39 is 11.9 Å². The first-order chi connectivity index (χ1) is 9.49. The van der Waals surface area contributed by atoms with Crippen molar-refractivity contribution in [3.8, 4) is 5.75 Å². The number of hydrogen-bond donors (Lipinski definition) is 3. The number of carbonyl (C=O) groups is 2. The van der Waals surface area contributed by atoms with E-state index >= 15 is 0 Å². The molecule has 2 rings (SSSR count). The summed E-state index contributed by atoms with van der Waals surface area (Å²) in [6.07, 6.45) is 1.36. The Balaban J connectivity index is 2.30. The van der Waals surface area contributed by atoms with Crippen LogP contribution in [0, 0.1) is 0 Å². The Bertz CT molecular complexity index is 688. The van der Waals surface area contributed by atoms with Crippen molar-refractivity contribution >= 4 is 33.6 Å². The molecule has 20 heavy (non-hydrogen) atoms. The minimum atomic E-state index is -1.20. The first-order valence-corrected chi connectivity index (χ1v) is 6.26. The fraction of sp³-hybridized carbons (Fsp3) is 0. The fourth-order valence-corrected chi connectivity index (χ4v) is 1.90. The van der Waals surface area contributed by atoms with Gasteiger partial charge >= 0.3 is 5.97 Å². The molecular weight excluding hydrogens is 328 g/mol. The molecule has 0 aliphatic heterocycles. The lowest BCUT2D eigenvalue weighted by Crippen LogP contribution is -2.16. The molecule has 3 N–H and O–H groups in total. The smallest absolute Gasteiger partial charge is 0.339 e. The van der Waals surface area contributed by atoms with Gasteiger partial charge in [0.15, 0.2) is 0 Å². The number of halogens is 1. The molecule has 0 fully saturated rings. The molecule has 0 saturated carbocycles. The van der Waals surface area contributed by atoms with Crippen molar-refractivity contribution in [2.24, 2.45) is 0 Å². The fourth-order valence-electron chi connectivity index (χ4n) is 1.55. The van der Waals surface area contributed by atoms with Crippen LogP contribution in [0.3, 0.4) is 0 Å². The van der Waals surface area contributed by atoms with Crippen LogP contribution in [0.4, 0.5) is 5.82 Å². The van der Waals surface area contributed by atoms with Gasteiger partial charge in [-0.2, -0.15) is 0 Å². The molecule has 0 aliphatic rings. The van der Waals surface area contributed by atoms with Gasteiger partial charge in [0.2, 0.25) is 0 Å². The lowest BCUT2D eigenvalue weighted by atomic mass is 10.2. The normalized spacial score (nSPS) is 10.1. The molecule has 0 saturated heterocycles. The number of anilines is 1. The second kappa shape index (κ2) is 5.70. The van der Waals surface area contributed by atoms with Crippen LogP contribution in [-0.4, -0.2) is 27.1 Å². The number of benzene rings is 1. The number of rotatable bonds is 3. The molecule has 102 valence electrons. The summed E-state index contributed by atoms with van der Waals surface area (Å²) in [5, 5.41) is 21.0. The molecule has 2 aromatic rings. The summed E-state index contributed by atoms with van der Waals surface area (Å²) < 4.78 is 0.621. The number of carboxylic acids is 1. The van der Waals surface area contributed by atoms with Crippen LogP contribution in [0.15, 0.2) is 41.0 Å². The monoisotopic (exact) mass is 336 g/mol. The van der Waals surface area contributed by atoms with Crippen LogP contribution in [0.2, 0.25) is 0 Å². The summed E-state index contributed by atoms with van der Waals surface area (Å²) in [7, 11) is 0. The molecule has 6 nitrogen and oxygen atoms in total. The predicted molar refractivity (Wildman–Crippen MR) is 75.0 cm³/mol. The first-order valence-electron chi connectivity index (χ1n) is 5.47. The Morgan fingerprint density at radius 3 is 2.60 bits per heavy atom. The van der Waals surface area contributed by atoms with Crippen LogP contribution < -0.4 is 5.32 Å². The SMILES string of the molecule is O=C(Nc1ncccc1C(=O)O)c1ccc(Br)cc1O. The number of nitrogens with zero attached hydrogens (tertiary/aromatic N) is 1. The maximum absolute atomic E-state index is 12.0. The van der Waals surface area contributed by atoms with E-state index in [1.165, 1.54) is 30.5 Å². The van der Waals surface area contributed by atoms with Gasteiger partial charge in [-0.3, -0.25) is 4.79 Å². The summed E-state index contributed by atoms with van der Waals surface area (Å²) in [5.41, 5.74) is -0.104. The van der Waals surface area contributed by atoms with E-state index in [1.54, 1.807) is 6.07 Å². The highest BCUT2D eigenvalue weighted by molar-refractivity contribution is 9.10. The lowest BCUT2D eigenvalue weighted by Gasteiger charge is -2.08. The maximum Gasteiger partial charge on any atom is 0.339 e. The summed E-state index contributed by atoms with van der Waals surface area (Å²) in [5.74, 6) is -2.14. The molecule has 0 radical (unpaired) electrons. The van der Waals surface area contributed by atoms with Crippen LogP contribution in [0.1, 0.15) is 20.7 Å². The van der Waals surface area contributed by atoms with Crippen LogP contribution in [0.5, 0.6) is 5.75 Å². The third kappa shape index (κ3) is 2.94. The van der Waals surface area contributed by atoms with Gasteiger partial charge in [-0.05, 0) is 30.3 Å². The van der Waals surface area contributed by atoms with Crippen molar-refractivity contribution in [2.45, 2.75) is 0 Å². The van der Waals surface area contributed by atoms with E-state index in [0.717, 1.165) is 0 Å². The van der Waals surface area contributed by atoms with E-state index in [2.05, 4.69) is 26.2 Å². The van der Waals surface area contributed by atoms with Crippen molar-refractivity contribution in [3.63, 3.8) is 0 Å². The molecule has 0 atom stereocenters. The van der Waals surface area contributed by atoms with Crippen LogP contribution >= 0.6 is 15.9 Å². The minimum Gasteiger partial charge on any atom is -0.507 e. The molecule has 1 aromatic carbocycles. The Labute approximate surface area is 122 Å². The van der Waals surface area contributed by atoms with Crippen molar-refractivity contribution < 1.29 is 19.8 Å². The third-order valence-electron chi connectivity index (χ3n) is 2.47. The molecule has 1 amide bonds. The van der Waals surface area contributed by atoms with Gasteiger partial charge < -0.3 is 15.5 Å². The number of pyridine rings is 1. The highest BCUT2D eigenvalue weighted by Gasteiger charge is 2.16. The molecule has 1 heterocycles. The Morgan fingerprint density at radius 2 is 1.95 bits per heavy atom. The Hall–Kier alpha value is -2.41. The molecule has 0 spiro atoms. The number of phenols is 1. The zero-order valence-electron chi connectivity index (χ0n) is 10.0. The van der Waals surface area contributed by atoms with Crippen molar-refractivity contribution in [3.05, 3.63) is 52.1 Å². The number of carboxylic acid groups (broad SMARTS) is 1.